The minimum atomic E-state index is -1.80. The van der Waals surface area contributed by atoms with Crippen LogP contribution in [0, 0.1) is 29.6 Å². The van der Waals surface area contributed by atoms with E-state index < -0.39 is 88.9 Å². The summed E-state index contributed by atoms with van der Waals surface area (Å²) in [5.41, 5.74) is -3.55. The van der Waals surface area contributed by atoms with Gasteiger partial charge in [-0.2, -0.15) is 0 Å². The molecule has 13 nitrogen and oxygen atoms in total. The Kier molecular flexibility index (Phi) is 10.1. The molecule has 1 unspecified atom stereocenters. The maximum atomic E-state index is 14.7. The van der Waals surface area contributed by atoms with Crippen LogP contribution in [0.25, 0.3) is 0 Å². The Bertz CT molecular complexity index is 1490. The first kappa shape index (κ1) is 38.9. The maximum absolute atomic E-state index is 14.7. The number of ether oxygens (including phenoxy) is 3. The highest BCUT2D eigenvalue weighted by Crippen LogP contribution is 2.72. The van der Waals surface area contributed by atoms with Crippen LogP contribution in [0.3, 0.4) is 0 Å². The van der Waals surface area contributed by atoms with Gasteiger partial charge in [0.1, 0.15) is 35.8 Å². The van der Waals surface area contributed by atoms with Gasteiger partial charge < -0.3 is 55.1 Å². The molecule has 0 radical (unpaired) electrons. The van der Waals surface area contributed by atoms with Crippen LogP contribution in [0.1, 0.15) is 97.3 Å². The zero-order valence-corrected chi connectivity index (χ0v) is 30.3. The summed E-state index contributed by atoms with van der Waals surface area (Å²) in [5.74, 6) is -2.12. The first-order valence-electron chi connectivity index (χ1n) is 17.6. The Balaban J connectivity index is 1.49. The monoisotopic (exact) mass is 708 g/mol. The zero-order valence-electron chi connectivity index (χ0n) is 30.3. The summed E-state index contributed by atoms with van der Waals surface area (Å²) in [6.45, 7) is 13.1. The van der Waals surface area contributed by atoms with Crippen LogP contribution >= 0.6 is 0 Å². The van der Waals surface area contributed by atoms with Gasteiger partial charge >= 0.3 is 5.97 Å². The van der Waals surface area contributed by atoms with E-state index in [0.29, 0.717) is 24.0 Å². The topological polar surface area (TPSA) is 224 Å². The highest BCUT2D eigenvalue weighted by molar-refractivity contribution is 5.93. The fourth-order valence-electron chi connectivity index (χ4n) is 10.4. The number of benzene rings is 1. The molecule has 13 heteroatoms. The quantitative estimate of drug-likeness (QED) is 0.170. The number of ketones is 1. The molecule has 0 amide bonds. The van der Waals surface area contributed by atoms with Gasteiger partial charge in [-0.15, -0.1) is 0 Å². The summed E-state index contributed by atoms with van der Waals surface area (Å²) in [4.78, 5) is 26.3. The number of phenolic OH excluding ortho intramolecular Hbond substituents is 1. The number of phenols is 1. The SMILES string of the molecule is CC(=O)OC(C)(C)CCC(O)[C@](C)(O)[C@H]1[C@H](O)C[C@@]2(C)[C@@H]3CCc4c(cc(O[C@@H]5O[C@H](CO)[C@@H](O)[C@H](O)[C@H]5O)c(O)c4C)[C@]3(C)C(=O)C[C@]12C. The highest BCUT2D eigenvalue weighted by Gasteiger charge is 2.73. The lowest BCUT2D eigenvalue weighted by Gasteiger charge is -2.62. The lowest BCUT2D eigenvalue weighted by molar-refractivity contribution is -0.277. The van der Waals surface area contributed by atoms with Crippen LogP contribution in [0.4, 0.5) is 0 Å². The molecule has 2 saturated carbocycles. The third-order valence-electron chi connectivity index (χ3n) is 13.3. The molecule has 0 bridgehead atoms. The molecule has 282 valence electrons. The number of esters is 1. The molecule has 13 atom stereocenters. The van der Waals surface area contributed by atoms with Crippen molar-refractivity contribution in [2.75, 3.05) is 6.61 Å². The minimum Gasteiger partial charge on any atom is -0.504 e. The fourth-order valence-corrected chi connectivity index (χ4v) is 10.4. The first-order valence-corrected chi connectivity index (χ1v) is 17.6. The van der Waals surface area contributed by atoms with E-state index in [2.05, 4.69) is 0 Å². The molecule has 8 N–H and O–H groups in total. The number of rotatable bonds is 9. The van der Waals surface area contributed by atoms with Gasteiger partial charge in [-0.1, -0.05) is 13.8 Å². The van der Waals surface area contributed by atoms with Crippen molar-refractivity contribution < 1.29 is 64.7 Å². The maximum Gasteiger partial charge on any atom is 0.303 e. The Morgan fingerprint density at radius 3 is 2.32 bits per heavy atom. The van der Waals surface area contributed by atoms with Crippen molar-refractivity contribution in [3.63, 3.8) is 0 Å². The van der Waals surface area contributed by atoms with Crippen LogP contribution in [0.5, 0.6) is 11.5 Å². The molecular weight excluding hydrogens is 652 g/mol. The first-order chi connectivity index (χ1) is 23.0. The smallest absolute Gasteiger partial charge is 0.303 e. The summed E-state index contributed by atoms with van der Waals surface area (Å²) in [7, 11) is 0. The molecule has 0 aromatic heterocycles. The molecule has 1 heterocycles. The number of aliphatic hydroxyl groups excluding tert-OH is 6. The molecule has 0 spiro atoms. The molecular formula is C37H56O13. The Labute approximate surface area is 293 Å². The molecule has 1 saturated heterocycles. The summed E-state index contributed by atoms with van der Waals surface area (Å²) in [6.07, 6.45) is -8.45. The number of aromatic hydroxyl groups is 1. The number of fused-ring (bicyclic) bond motifs is 5. The second-order valence-electron chi connectivity index (χ2n) is 16.8. The van der Waals surface area contributed by atoms with Crippen molar-refractivity contribution in [3.05, 3.63) is 22.8 Å². The van der Waals surface area contributed by atoms with Gasteiger partial charge in [0, 0.05) is 19.3 Å². The summed E-state index contributed by atoms with van der Waals surface area (Å²) in [5, 5.41) is 87.3. The average Bonchev–Trinajstić information content (AvgIpc) is 3.22. The molecule has 1 aromatic carbocycles. The standard InChI is InChI=1S/C37H56O13/c1-17-19-9-10-24-34(5)14-21(40)31(37(8,47)25(41)11-12-33(3,4)50-18(2)39)35(34,6)15-26(42)36(24,7)20(19)13-22(27(17)43)48-32-30(46)29(45)28(44)23(16-38)49-32/h13,21,23-25,28-32,38,40-41,43-47H,9-12,14-16H2,1-8H3/t21-,23-,24+,25?,28-,29+,30-,31+,32-,34+,35-,36+,37+/m1/s1. The zero-order chi connectivity index (χ0) is 37.5. The van der Waals surface area contributed by atoms with Gasteiger partial charge in [0.2, 0.25) is 6.29 Å². The number of Topliss-reactive ketones (excluding diaryl/α,β-unsaturated/α-hetero) is 1. The third-order valence-corrected chi connectivity index (χ3v) is 13.3. The molecule has 1 aromatic rings. The minimum absolute atomic E-state index is 0.0116. The van der Waals surface area contributed by atoms with E-state index in [-0.39, 0.29) is 48.9 Å². The lowest BCUT2D eigenvalue weighted by Crippen LogP contribution is -2.64. The number of hydrogen-bond donors (Lipinski definition) is 8. The Morgan fingerprint density at radius 2 is 1.72 bits per heavy atom. The van der Waals surface area contributed by atoms with E-state index in [0.717, 1.165) is 5.56 Å². The van der Waals surface area contributed by atoms with Gasteiger partial charge in [-0.05, 0) is 106 Å². The van der Waals surface area contributed by atoms with Crippen LogP contribution in [0.2, 0.25) is 0 Å². The van der Waals surface area contributed by atoms with E-state index in [4.69, 9.17) is 14.2 Å². The van der Waals surface area contributed by atoms with Crippen molar-refractivity contribution >= 4 is 11.8 Å². The summed E-state index contributed by atoms with van der Waals surface area (Å²) in [6, 6.07) is 1.56. The summed E-state index contributed by atoms with van der Waals surface area (Å²) >= 11 is 0. The number of aliphatic hydroxyl groups is 7. The largest absolute Gasteiger partial charge is 0.504 e. The van der Waals surface area contributed by atoms with Crippen molar-refractivity contribution in [2.45, 2.75) is 153 Å². The van der Waals surface area contributed by atoms with Gasteiger partial charge in [-0.3, -0.25) is 9.59 Å². The van der Waals surface area contributed by atoms with Crippen LogP contribution < -0.4 is 4.74 Å². The molecule has 1 aliphatic heterocycles. The highest BCUT2D eigenvalue weighted by atomic mass is 16.7. The van der Waals surface area contributed by atoms with Gasteiger partial charge in [0.15, 0.2) is 11.5 Å². The Morgan fingerprint density at radius 1 is 1.08 bits per heavy atom. The van der Waals surface area contributed by atoms with Crippen molar-refractivity contribution in [2.24, 2.45) is 22.7 Å². The van der Waals surface area contributed by atoms with Gasteiger partial charge in [0.05, 0.1) is 29.8 Å². The normalized spacial score (nSPS) is 40.3. The number of carbonyl (C=O) groups excluding carboxylic acids is 2. The Hall–Kier alpha value is -2.36. The van der Waals surface area contributed by atoms with Crippen molar-refractivity contribution in [1.29, 1.82) is 0 Å². The van der Waals surface area contributed by atoms with E-state index in [1.807, 2.05) is 20.8 Å². The van der Waals surface area contributed by atoms with E-state index >= 15 is 0 Å². The molecule has 50 heavy (non-hydrogen) atoms. The van der Waals surface area contributed by atoms with Gasteiger partial charge in [-0.25, -0.2) is 0 Å². The number of hydrogen-bond acceptors (Lipinski definition) is 13. The molecule has 3 aliphatic carbocycles. The van der Waals surface area contributed by atoms with E-state index in [1.54, 1.807) is 26.8 Å². The fraction of sp³-hybridized carbons (Fsp3) is 0.784. The molecule has 5 rings (SSSR count). The van der Waals surface area contributed by atoms with Crippen molar-refractivity contribution in [1.82, 2.24) is 0 Å². The van der Waals surface area contributed by atoms with E-state index in [1.165, 1.54) is 13.8 Å². The second-order valence-corrected chi connectivity index (χ2v) is 16.8. The van der Waals surface area contributed by atoms with Crippen LogP contribution in [0.15, 0.2) is 6.07 Å². The molecule has 3 fully saturated rings. The van der Waals surface area contributed by atoms with Crippen LogP contribution in [-0.2, 0) is 30.9 Å². The van der Waals surface area contributed by atoms with Crippen LogP contribution in [-0.4, -0.2) is 113 Å². The predicted molar refractivity (Wildman–Crippen MR) is 178 cm³/mol. The third kappa shape index (κ3) is 5.85. The van der Waals surface area contributed by atoms with Gasteiger partial charge in [0.25, 0.3) is 0 Å². The lowest BCUT2D eigenvalue weighted by atomic mass is 9.41. The number of carbonyl (C=O) groups is 2. The van der Waals surface area contributed by atoms with E-state index in [9.17, 15) is 50.4 Å². The van der Waals surface area contributed by atoms with Crippen molar-refractivity contribution in [3.8, 4) is 11.5 Å². The molecule has 4 aliphatic rings. The summed E-state index contributed by atoms with van der Waals surface area (Å²) < 4.78 is 16.8. The average molecular weight is 709 g/mol. The predicted octanol–water partition coefficient (Wildman–Crippen LogP) is 1.30. The second kappa shape index (κ2) is 12.9.